The Morgan fingerprint density at radius 2 is 1.93 bits per heavy atom. The van der Waals surface area contributed by atoms with Crippen LogP contribution in [0.2, 0.25) is 0 Å². The summed E-state index contributed by atoms with van der Waals surface area (Å²) >= 11 is 0. The molecule has 0 saturated carbocycles. The molecule has 0 amide bonds. The number of carbonyl (C=O) groups is 1. The maximum Gasteiger partial charge on any atom is 0.274 e. The van der Waals surface area contributed by atoms with Crippen LogP contribution in [0.5, 0.6) is 5.75 Å². The predicted molar refractivity (Wildman–Crippen MR) is 108 cm³/mol. The summed E-state index contributed by atoms with van der Waals surface area (Å²) < 4.78 is 40.3. The summed E-state index contributed by atoms with van der Waals surface area (Å²) in [5, 5.41) is 9.55. The number of hydrogen-bond acceptors (Lipinski definition) is 6. The second-order valence-corrected chi connectivity index (χ2v) is 6.88. The van der Waals surface area contributed by atoms with Gasteiger partial charge in [-0.3, -0.25) is 4.79 Å². The average molecular weight is 424 g/mol. The molecule has 0 aliphatic rings. The van der Waals surface area contributed by atoms with Crippen LogP contribution in [0.3, 0.4) is 0 Å². The number of hydrogen-bond donors (Lipinski definition) is 1. The number of aldehydes is 1. The average Bonchev–Trinajstić information content (AvgIpc) is 2.71. The number of likely N-dealkylation sites (N-methyl/N-ethyl adjacent to an activating group) is 1. The number of nitrogens with zero attached hydrogens (tertiary/aromatic N) is 2. The third-order valence-corrected chi connectivity index (χ3v) is 4.90. The van der Waals surface area contributed by atoms with E-state index in [0.29, 0.717) is 6.29 Å². The predicted octanol–water partition coefficient (Wildman–Crippen LogP) is 2.12. The van der Waals surface area contributed by atoms with E-state index in [-0.39, 0.29) is 43.2 Å². The molecule has 7 nitrogen and oxygen atoms in total. The Labute approximate surface area is 173 Å². The summed E-state index contributed by atoms with van der Waals surface area (Å²) in [5.74, 6) is -2.43. The van der Waals surface area contributed by atoms with Crippen LogP contribution >= 0.6 is 0 Å². The first-order chi connectivity index (χ1) is 14.4. The van der Waals surface area contributed by atoms with E-state index >= 15 is 0 Å². The van der Waals surface area contributed by atoms with E-state index in [0.717, 1.165) is 12.1 Å². The Morgan fingerprint density at radius 3 is 2.47 bits per heavy atom. The smallest absolute Gasteiger partial charge is 0.274 e. The molecule has 0 bridgehead atoms. The Balaban J connectivity index is 2.38. The molecule has 2 aromatic rings. The maximum atomic E-state index is 14.5. The molecule has 30 heavy (non-hydrogen) atoms. The van der Waals surface area contributed by atoms with E-state index in [9.17, 15) is 23.5 Å². The van der Waals surface area contributed by atoms with Gasteiger partial charge in [-0.2, -0.15) is 0 Å². The van der Waals surface area contributed by atoms with E-state index in [1.54, 1.807) is 19.2 Å². The topological polar surface area (TPSA) is 81.0 Å². The standard InChI is InChI=1S/C21H26F2N2O5/c1-24(19-5-4-7-25(21(19)28)15(12-27)13-29-2)11-14(6-8-26)20-17(22)9-16(30-3)10-18(20)23/h4-5,7-10,14-15,27H,6,11-13H2,1-3H3. The monoisotopic (exact) mass is 424 g/mol. The van der Waals surface area contributed by atoms with Crippen LogP contribution in [0.25, 0.3) is 0 Å². The van der Waals surface area contributed by atoms with Crippen molar-refractivity contribution < 1.29 is 28.2 Å². The number of rotatable bonds is 11. The number of pyridine rings is 1. The lowest BCUT2D eigenvalue weighted by atomic mass is 9.94. The largest absolute Gasteiger partial charge is 0.497 e. The molecule has 1 heterocycles. The minimum absolute atomic E-state index is 0.0201. The molecule has 0 aliphatic heterocycles. The fraction of sp³-hybridized carbons (Fsp3) is 0.429. The lowest BCUT2D eigenvalue weighted by molar-refractivity contribution is -0.108. The molecule has 0 saturated heterocycles. The van der Waals surface area contributed by atoms with Crippen LogP contribution in [0.1, 0.15) is 23.9 Å². The summed E-state index contributed by atoms with van der Waals surface area (Å²) in [6.07, 6.45) is 1.99. The Morgan fingerprint density at radius 1 is 1.27 bits per heavy atom. The first-order valence-electron chi connectivity index (χ1n) is 9.36. The fourth-order valence-corrected chi connectivity index (χ4v) is 3.39. The van der Waals surface area contributed by atoms with Crippen LogP contribution in [0.15, 0.2) is 35.3 Å². The highest BCUT2D eigenvalue weighted by Gasteiger charge is 2.24. The number of methoxy groups -OCH3 is 2. The molecule has 2 atom stereocenters. The van der Waals surface area contributed by atoms with Crippen molar-refractivity contribution in [3.8, 4) is 5.75 Å². The minimum Gasteiger partial charge on any atom is -0.497 e. The Hall–Kier alpha value is -2.78. The number of ether oxygens (including phenoxy) is 2. The van der Waals surface area contributed by atoms with Crippen molar-refractivity contribution in [1.29, 1.82) is 0 Å². The number of carbonyl (C=O) groups excluding carboxylic acids is 1. The number of anilines is 1. The first kappa shape index (κ1) is 23.5. The van der Waals surface area contributed by atoms with E-state index in [1.165, 1.54) is 29.9 Å². The summed E-state index contributed by atoms with van der Waals surface area (Å²) in [5.41, 5.74) is -0.368. The Bertz CT molecular complexity index is 896. The number of halogens is 2. The SMILES string of the molecule is COCC(CO)n1cccc(N(C)CC(CC=O)c2c(F)cc(OC)cc2F)c1=O. The van der Waals surface area contributed by atoms with Gasteiger partial charge in [-0.25, -0.2) is 8.78 Å². The van der Waals surface area contributed by atoms with E-state index in [1.807, 2.05) is 0 Å². The second kappa shape index (κ2) is 10.8. The highest BCUT2D eigenvalue weighted by atomic mass is 19.1. The third-order valence-electron chi connectivity index (χ3n) is 4.90. The van der Waals surface area contributed by atoms with Gasteiger partial charge >= 0.3 is 0 Å². The van der Waals surface area contributed by atoms with Crippen molar-refractivity contribution in [3.05, 3.63) is 58.0 Å². The first-order valence-corrected chi connectivity index (χ1v) is 9.36. The summed E-state index contributed by atoms with van der Waals surface area (Å²) in [6.45, 7) is -0.136. The van der Waals surface area contributed by atoms with Crippen molar-refractivity contribution in [3.63, 3.8) is 0 Å². The van der Waals surface area contributed by atoms with Gasteiger partial charge in [0.05, 0.1) is 26.4 Å². The molecule has 0 fully saturated rings. The second-order valence-electron chi connectivity index (χ2n) is 6.88. The van der Waals surface area contributed by atoms with Gasteiger partial charge in [0.2, 0.25) is 0 Å². The summed E-state index contributed by atoms with van der Waals surface area (Å²) in [7, 11) is 4.36. The van der Waals surface area contributed by atoms with Crippen molar-refractivity contribution in [2.75, 3.05) is 45.9 Å². The highest BCUT2D eigenvalue weighted by Crippen LogP contribution is 2.30. The highest BCUT2D eigenvalue weighted by molar-refractivity contribution is 5.53. The Kier molecular flexibility index (Phi) is 8.49. The number of benzene rings is 1. The zero-order valence-corrected chi connectivity index (χ0v) is 17.2. The quantitative estimate of drug-likeness (QED) is 0.557. The lowest BCUT2D eigenvalue weighted by Gasteiger charge is -2.26. The van der Waals surface area contributed by atoms with Gasteiger partial charge in [0.1, 0.15) is 29.4 Å². The van der Waals surface area contributed by atoms with Crippen LogP contribution in [0.4, 0.5) is 14.5 Å². The summed E-state index contributed by atoms with van der Waals surface area (Å²) in [6, 6.07) is 4.75. The molecule has 9 heteroatoms. The van der Waals surface area contributed by atoms with E-state index in [2.05, 4.69) is 0 Å². The van der Waals surface area contributed by atoms with Crippen LogP contribution in [0, 0.1) is 11.6 Å². The zero-order chi connectivity index (χ0) is 22.3. The van der Waals surface area contributed by atoms with Gasteiger partial charge in [0.25, 0.3) is 5.56 Å². The minimum atomic E-state index is -0.821. The van der Waals surface area contributed by atoms with E-state index < -0.39 is 29.2 Å². The van der Waals surface area contributed by atoms with Crippen molar-refractivity contribution >= 4 is 12.0 Å². The van der Waals surface area contributed by atoms with E-state index in [4.69, 9.17) is 9.47 Å². The van der Waals surface area contributed by atoms with Crippen LogP contribution in [-0.4, -0.2) is 57.0 Å². The molecule has 2 rings (SSSR count). The third kappa shape index (κ3) is 5.22. The molecule has 0 spiro atoms. The summed E-state index contributed by atoms with van der Waals surface area (Å²) in [4.78, 5) is 25.6. The fourth-order valence-electron chi connectivity index (χ4n) is 3.39. The lowest BCUT2D eigenvalue weighted by Crippen LogP contribution is -2.35. The zero-order valence-electron chi connectivity index (χ0n) is 17.2. The molecule has 1 aromatic heterocycles. The normalized spacial score (nSPS) is 13.0. The number of aliphatic hydroxyl groups is 1. The molecule has 1 aromatic carbocycles. The van der Waals surface area contributed by atoms with Crippen molar-refractivity contribution in [2.45, 2.75) is 18.4 Å². The molecule has 0 aliphatic carbocycles. The molecular formula is C21H26F2N2O5. The number of aliphatic hydroxyl groups excluding tert-OH is 1. The van der Waals surface area contributed by atoms with Gasteiger partial charge in [-0.15, -0.1) is 0 Å². The van der Waals surface area contributed by atoms with Crippen LogP contribution < -0.4 is 15.2 Å². The van der Waals surface area contributed by atoms with Gasteiger partial charge in [-0.1, -0.05) is 0 Å². The van der Waals surface area contributed by atoms with Gasteiger partial charge in [0, 0.05) is 56.9 Å². The van der Waals surface area contributed by atoms with Crippen molar-refractivity contribution in [2.24, 2.45) is 0 Å². The molecule has 2 unspecified atom stereocenters. The molecular weight excluding hydrogens is 398 g/mol. The van der Waals surface area contributed by atoms with Gasteiger partial charge in [0.15, 0.2) is 0 Å². The van der Waals surface area contributed by atoms with Crippen molar-refractivity contribution in [1.82, 2.24) is 4.57 Å². The maximum absolute atomic E-state index is 14.5. The number of aromatic nitrogens is 1. The molecule has 164 valence electrons. The molecule has 0 radical (unpaired) electrons. The van der Waals surface area contributed by atoms with Gasteiger partial charge < -0.3 is 28.8 Å². The molecule has 1 N–H and O–H groups in total. The van der Waals surface area contributed by atoms with Crippen LogP contribution in [-0.2, 0) is 9.53 Å². The van der Waals surface area contributed by atoms with Gasteiger partial charge in [-0.05, 0) is 12.1 Å².